The van der Waals surface area contributed by atoms with E-state index in [9.17, 15) is 0 Å². The van der Waals surface area contributed by atoms with Crippen molar-refractivity contribution in [2.75, 3.05) is 25.4 Å². The number of fused-ring (bicyclic) bond motifs is 1. The van der Waals surface area contributed by atoms with Gasteiger partial charge in [-0.15, -0.1) is 0 Å². The molecule has 1 aliphatic heterocycles. The van der Waals surface area contributed by atoms with Gasteiger partial charge in [-0.2, -0.15) is 12.6 Å². The van der Waals surface area contributed by atoms with Crippen molar-refractivity contribution < 1.29 is 4.74 Å². The summed E-state index contributed by atoms with van der Waals surface area (Å²) in [7, 11) is 0. The maximum atomic E-state index is 5.82. The summed E-state index contributed by atoms with van der Waals surface area (Å²) in [5.41, 5.74) is 1.80. The highest BCUT2D eigenvalue weighted by Crippen LogP contribution is 2.42. The van der Waals surface area contributed by atoms with E-state index in [1.54, 1.807) is 0 Å². The van der Waals surface area contributed by atoms with Crippen LogP contribution in [0.3, 0.4) is 0 Å². The molecule has 1 aromatic carbocycles. The number of thiol groups is 1. The van der Waals surface area contributed by atoms with Crippen molar-refractivity contribution in [3.63, 3.8) is 0 Å². The first kappa shape index (κ1) is 12.4. The van der Waals surface area contributed by atoms with Crippen LogP contribution in [0.4, 0.5) is 0 Å². The Morgan fingerprint density at radius 1 is 1.28 bits per heavy atom. The largest absolute Gasteiger partial charge is 0.492 e. The van der Waals surface area contributed by atoms with Gasteiger partial charge in [0.15, 0.2) is 0 Å². The third-order valence-corrected chi connectivity index (χ3v) is 5.01. The van der Waals surface area contributed by atoms with Gasteiger partial charge in [-0.3, -0.25) is 4.90 Å². The molecule has 3 rings (SSSR count). The van der Waals surface area contributed by atoms with Gasteiger partial charge in [-0.1, -0.05) is 24.6 Å². The van der Waals surface area contributed by atoms with Gasteiger partial charge in [0.2, 0.25) is 0 Å². The zero-order valence-electron chi connectivity index (χ0n) is 10.8. The Kier molecular flexibility index (Phi) is 3.53. The highest BCUT2D eigenvalue weighted by Gasteiger charge is 2.37. The molecule has 98 valence electrons. The Balaban J connectivity index is 1.71. The van der Waals surface area contributed by atoms with Gasteiger partial charge in [-0.25, -0.2) is 0 Å². The summed E-state index contributed by atoms with van der Waals surface area (Å²) in [5, 5.41) is 0. The summed E-state index contributed by atoms with van der Waals surface area (Å²) < 4.78 is 5.82. The average Bonchev–Trinajstić information content (AvgIpc) is 2.55. The predicted molar refractivity (Wildman–Crippen MR) is 77.4 cm³/mol. The number of nitrogens with zero attached hydrogens (tertiary/aromatic N) is 1. The van der Waals surface area contributed by atoms with Gasteiger partial charge in [0.25, 0.3) is 0 Å². The van der Waals surface area contributed by atoms with Crippen LogP contribution in [0.5, 0.6) is 5.75 Å². The molecular weight excluding hydrogens is 242 g/mol. The number of rotatable bonds is 3. The van der Waals surface area contributed by atoms with Gasteiger partial charge >= 0.3 is 0 Å². The molecule has 18 heavy (non-hydrogen) atoms. The number of benzene rings is 1. The number of para-hydroxylation sites is 1. The lowest BCUT2D eigenvalue weighted by atomic mass is 9.70. The Labute approximate surface area is 115 Å². The van der Waals surface area contributed by atoms with Crippen molar-refractivity contribution in [3.05, 3.63) is 29.8 Å². The average molecular weight is 263 g/mol. The molecule has 0 amide bonds. The standard InChI is InChI=1S/C15H21NOS/c18-12-15(6-3-7-15)11-16-8-9-17-14-5-2-1-4-13(14)10-16/h1-2,4-5,18H,3,6-12H2. The highest BCUT2D eigenvalue weighted by atomic mass is 32.1. The Bertz CT molecular complexity index is 411. The van der Waals surface area contributed by atoms with Gasteiger partial charge in [0, 0.05) is 25.2 Å². The van der Waals surface area contributed by atoms with E-state index in [1.165, 1.54) is 31.4 Å². The normalized spacial score (nSPS) is 22.5. The van der Waals surface area contributed by atoms with Crippen LogP contribution in [0.15, 0.2) is 24.3 Å². The SMILES string of the molecule is SCC1(CN2CCOc3ccccc3C2)CCC1. The van der Waals surface area contributed by atoms with Gasteiger partial charge in [-0.05, 0) is 30.1 Å². The lowest BCUT2D eigenvalue weighted by Crippen LogP contribution is -2.44. The number of hydrogen-bond donors (Lipinski definition) is 1. The Morgan fingerprint density at radius 2 is 2.11 bits per heavy atom. The maximum Gasteiger partial charge on any atom is 0.123 e. The molecule has 1 heterocycles. The molecule has 2 nitrogen and oxygen atoms in total. The van der Waals surface area contributed by atoms with Crippen LogP contribution < -0.4 is 4.74 Å². The van der Waals surface area contributed by atoms with Crippen LogP contribution >= 0.6 is 12.6 Å². The van der Waals surface area contributed by atoms with Gasteiger partial charge in [0.1, 0.15) is 12.4 Å². The molecule has 0 aromatic heterocycles. The molecule has 0 radical (unpaired) electrons. The van der Waals surface area contributed by atoms with Crippen molar-refractivity contribution in [3.8, 4) is 5.75 Å². The quantitative estimate of drug-likeness (QED) is 0.842. The second-order valence-corrected chi connectivity index (χ2v) is 5.99. The summed E-state index contributed by atoms with van der Waals surface area (Å²) in [5.74, 6) is 2.08. The molecule has 1 aromatic rings. The third kappa shape index (κ3) is 2.39. The minimum absolute atomic E-state index is 0.475. The second-order valence-electron chi connectivity index (χ2n) is 5.68. The van der Waals surface area contributed by atoms with Crippen molar-refractivity contribution in [1.82, 2.24) is 4.90 Å². The highest BCUT2D eigenvalue weighted by molar-refractivity contribution is 7.80. The van der Waals surface area contributed by atoms with Gasteiger partial charge in [0.05, 0.1) is 0 Å². The predicted octanol–water partition coefficient (Wildman–Crippen LogP) is 2.98. The fourth-order valence-electron chi connectivity index (χ4n) is 3.03. The zero-order valence-corrected chi connectivity index (χ0v) is 11.7. The van der Waals surface area contributed by atoms with E-state index in [2.05, 4.69) is 41.8 Å². The number of hydrogen-bond acceptors (Lipinski definition) is 3. The minimum Gasteiger partial charge on any atom is -0.492 e. The first-order valence-corrected chi connectivity index (χ1v) is 7.49. The molecule has 0 atom stereocenters. The van der Waals surface area contributed by atoms with Crippen molar-refractivity contribution in [2.45, 2.75) is 25.8 Å². The lowest BCUT2D eigenvalue weighted by molar-refractivity contribution is 0.0824. The second kappa shape index (κ2) is 5.14. The van der Waals surface area contributed by atoms with Crippen LogP contribution in [0.25, 0.3) is 0 Å². The van der Waals surface area contributed by atoms with E-state index in [-0.39, 0.29) is 0 Å². The summed E-state index contributed by atoms with van der Waals surface area (Å²) in [6, 6.07) is 8.41. The Morgan fingerprint density at radius 3 is 2.83 bits per heavy atom. The summed E-state index contributed by atoms with van der Waals surface area (Å²) >= 11 is 4.56. The van der Waals surface area contributed by atoms with Crippen LogP contribution in [0, 0.1) is 5.41 Å². The molecule has 0 bridgehead atoms. The van der Waals surface area contributed by atoms with Crippen molar-refractivity contribution >= 4 is 12.6 Å². The number of ether oxygens (including phenoxy) is 1. The smallest absolute Gasteiger partial charge is 0.123 e. The third-order valence-electron chi connectivity index (χ3n) is 4.34. The molecule has 1 aliphatic carbocycles. The topological polar surface area (TPSA) is 12.5 Å². The molecule has 0 unspecified atom stereocenters. The van der Waals surface area contributed by atoms with E-state index in [0.29, 0.717) is 5.41 Å². The molecule has 0 N–H and O–H groups in total. The summed E-state index contributed by atoms with van der Waals surface area (Å²) in [4.78, 5) is 2.54. The molecule has 1 saturated carbocycles. The van der Waals surface area contributed by atoms with Crippen molar-refractivity contribution in [1.29, 1.82) is 0 Å². The van der Waals surface area contributed by atoms with Crippen LogP contribution in [0.2, 0.25) is 0 Å². The van der Waals surface area contributed by atoms with E-state index in [4.69, 9.17) is 4.74 Å². The minimum atomic E-state index is 0.475. The summed E-state index contributed by atoms with van der Waals surface area (Å²) in [6.45, 7) is 4.03. The lowest BCUT2D eigenvalue weighted by Gasteiger charge is -2.44. The van der Waals surface area contributed by atoms with Gasteiger partial charge < -0.3 is 4.74 Å². The molecule has 2 aliphatic rings. The van der Waals surface area contributed by atoms with Crippen LogP contribution in [-0.2, 0) is 6.54 Å². The van der Waals surface area contributed by atoms with Crippen molar-refractivity contribution in [2.24, 2.45) is 5.41 Å². The zero-order chi connectivity index (χ0) is 12.4. The first-order valence-electron chi connectivity index (χ1n) is 6.85. The fraction of sp³-hybridized carbons (Fsp3) is 0.600. The Hall–Kier alpha value is -0.670. The monoisotopic (exact) mass is 263 g/mol. The maximum absolute atomic E-state index is 5.82. The van der Waals surface area contributed by atoms with E-state index >= 15 is 0 Å². The fourth-order valence-corrected chi connectivity index (χ4v) is 3.45. The van der Waals surface area contributed by atoms with Crippen LogP contribution in [0.1, 0.15) is 24.8 Å². The molecule has 3 heteroatoms. The summed E-state index contributed by atoms with van der Waals surface area (Å²) in [6.07, 6.45) is 4.06. The van der Waals surface area contributed by atoms with Crippen LogP contribution in [-0.4, -0.2) is 30.3 Å². The molecule has 0 saturated heterocycles. The van der Waals surface area contributed by atoms with E-state index in [1.807, 2.05) is 0 Å². The first-order chi connectivity index (χ1) is 8.81. The van der Waals surface area contributed by atoms with E-state index in [0.717, 1.165) is 31.2 Å². The molecule has 0 spiro atoms. The van der Waals surface area contributed by atoms with E-state index < -0.39 is 0 Å². The molecule has 1 fully saturated rings. The molecular formula is C15H21NOS.